The minimum Gasteiger partial charge on any atom is -0.265 e. The van der Waals surface area contributed by atoms with Crippen LogP contribution in [0.1, 0.15) is 5.69 Å². The first-order valence-corrected chi connectivity index (χ1v) is 7.92. The summed E-state index contributed by atoms with van der Waals surface area (Å²) < 4.78 is 4.49. The summed E-state index contributed by atoms with van der Waals surface area (Å²) in [5.41, 5.74) is 3.83. The maximum absolute atomic E-state index is 12.8. The maximum atomic E-state index is 12.8. The average molecular weight is 344 g/mol. The van der Waals surface area contributed by atoms with Crippen LogP contribution in [0.3, 0.4) is 0 Å². The Morgan fingerprint density at radius 1 is 0.962 bits per heavy atom. The lowest BCUT2D eigenvalue weighted by atomic mass is 10.1. The second kappa shape index (κ2) is 5.31. The van der Waals surface area contributed by atoms with Gasteiger partial charge in [0.1, 0.15) is 18.2 Å². The molecule has 0 aliphatic heterocycles. The zero-order valence-electron chi connectivity index (χ0n) is 13.7. The van der Waals surface area contributed by atoms with Crippen molar-refractivity contribution in [2.45, 2.75) is 6.92 Å². The van der Waals surface area contributed by atoms with Crippen LogP contribution in [-0.4, -0.2) is 39.4 Å². The van der Waals surface area contributed by atoms with E-state index in [1.807, 2.05) is 37.3 Å². The molecule has 5 aromatic rings. The number of hydrogen-bond acceptors (Lipinski definition) is 6. The molecule has 4 heterocycles. The third-order valence-corrected chi connectivity index (χ3v) is 4.25. The van der Waals surface area contributed by atoms with E-state index in [9.17, 15) is 4.79 Å². The van der Waals surface area contributed by atoms with Crippen molar-refractivity contribution < 1.29 is 0 Å². The number of pyridine rings is 1. The first-order valence-electron chi connectivity index (χ1n) is 7.92. The summed E-state index contributed by atoms with van der Waals surface area (Å²) in [5, 5.41) is 20.5. The van der Waals surface area contributed by atoms with E-state index in [1.165, 1.54) is 22.0 Å². The second-order valence-electron chi connectivity index (χ2n) is 5.80. The molecule has 0 saturated heterocycles. The smallest absolute Gasteiger partial charge is 0.265 e. The van der Waals surface area contributed by atoms with E-state index in [4.69, 9.17) is 0 Å². The van der Waals surface area contributed by atoms with Crippen LogP contribution in [0.5, 0.6) is 0 Å². The van der Waals surface area contributed by atoms with Crippen molar-refractivity contribution in [2.75, 3.05) is 0 Å². The van der Waals surface area contributed by atoms with Gasteiger partial charge in [0.2, 0.25) is 0 Å². The molecule has 0 bridgehead atoms. The van der Waals surface area contributed by atoms with E-state index in [2.05, 4.69) is 25.5 Å². The lowest BCUT2D eigenvalue weighted by Crippen LogP contribution is -2.26. The highest BCUT2D eigenvalue weighted by molar-refractivity contribution is 5.84. The molecular weight excluding hydrogens is 332 g/mol. The third kappa shape index (κ3) is 1.97. The van der Waals surface area contributed by atoms with E-state index in [0.717, 1.165) is 16.8 Å². The number of aromatic nitrogens is 8. The van der Waals surface area contributed by atoms with Gasteiger partial charge in [-0.2, -0.15) is 5.10 Å². The van der Waals surface area contributed by atoms with Crippen molar-refractivity contribution in [3.63, 3.8) is 0 Å². The lowest BCUT2D eigenvalue weighted by molar-refractivity contribution is 0.630. The number of rotatable bonds is 2. The maximum Gasteiger partial charge on any atom is 0.299 e. The van der Waals surface area contributed by atoms with Gasteiger partial charge in [-0.1, -0.05) is 30.3 Å². The number of aryl methyl sites for hydroxylation is 1. The first-order chi connectivity index (χ1) is 12.7. The normalized spacial score (nSPS) is 11.4. The Labute approximate surface area is 146 Å². The van der Waals surface area contributed by atoms with Crippen LogP contribution in [0.4, 0.5) is 0 Å². The Hall–Kier alpha value is -3.88. The van der Waals surface area contributed by atoms with Crippen LogP contribution in [0.2, 0.25) is 0 Å². The summed E-state index contributed by atoms with van der Waals surface area (Å²) in [7, 11) is 0. The van der Waals surface area contributed by atoms with E-state index in [-0.39, 0.29) is 11.1 Å². The molecule has 0 radical (unpaired) electrons. The Balaban J connectivity index is 1.82. The third-order valence-electron chi connectivity index (χ3n) is 4.25. The fraction of sp³-hybridized carbons (Fsp3) is 0.0588. The van der Waals surface area contributed by atoms with Crippen LogP contribution in [0.15, 0.2) is 60.0 Å². The molecular formula is C17H12N8O. The number of nitrogens with zero attached hydrogens (tertiary/aromatic N) is 8. The fourth-order valence-corrected chi connectivity index (χ4v) is 3.07. The van der Waals surface area contributed by atoms with Crippen molar-refractivity contribution in [3.05, 3.63) is 71.3 Å². The van der Waals surface area contributed by atoms with Gasteiger partial charge in [-0.15, -0.1) is 20.4 Å². The standard InChI is InChI=1S/C17H12N8O/c1-11-14(12-5-3-2-4-6-12)16-21-20-15-13(25(16)22-11)7-8-24(17(15)26)23-9-18-19-10-23/h2-10H,1H3. The Morgan fingerprint density at radius 2 is 1.73 bits per heavy atom. The summed E-state index contributed by atoms with van der Waals surface area (Å²) in [4.78, 5) is 12.8. The van der Waals surface area contributed by atoms with Gasteiger partial charge in [0, 0.05) is 6.20 Å². The van der Waals surface area contributed by atoms with Gasteiger partial charge in [0.05, 0.1) is 11.3 Å². The van der Waals surface area contributed by atoms with Crippen LogP contribution in [0.25, 0.3) is 27.8 Å². The van der Waals surface area contributed by atoms with Gasteiger partial charge < -0.3 is 0 Å². The summed E-state index contributed by atoms with van der Waals surface area (Å²) in [6.07, 6.45) is 4.50. The van der Waals surface area contributed by atoms with Gasteiger partial charge >= 0.3 is 0 Å². The molecule has 0 fully saturated rings. The zero-order valence-corrected chi connectivity index (χ0v) is 13.7. The second-order valence-corrected chi connectivity index (χ2v) is 5.80. The van der Waals surface area contributed by atoms with Gasteiger partial charge in [-0.05, 0) is 18.6 Å². The quantitative estimate of drug-likeness (QED) is 0.479. The van der Waals surface area contributed by atoms with Crippen molar-refractivity contribution in [1.82, 2.24) is 39.4 Å². The van der Waals surface area contributed by atoms with Crippen LogP contribution in [-0.2, 0) is 0 Å². The van der Waals surface area contributed by atoms with Gasteiger partial charge in [0.15, 0.2) is 11.2 Å². The average Bonchev–Trinajstić information content (AvgIpc) is 3.30. The summed E-state index contributed by atoms with van der Waals surface area (Å²) in [6.45, 7) is 1.92. The molecule has 0 aliphatic rings. The Bertz CT molecular complexity index is 1300. The molecule has 0 N–H and O–H groups in total. The van der Waals surface area contributed by atoms with Gasteiger partial charge in [-0.3, -0.25) is 4.79 Å². The topological polar surface area (TPSA) is 95.8 Å². The summed E-state index contributed by atoms with van der Waals surface area (Å²) in [5.74, 6) is 0. The van der Waals surface area contributed by atoms with Crippen LogP contribution < -0.4 is 5.56 Å². The SMILES string of the molecule is Cc1nn2c(nnc3c(=O)n(-n4cnnc4)ccc32)c1-c1ccccc1. The molecule has 26 heavy (non-hydrogen) atoms. The largest absolute Gasteiger partial charge is 0.299 e. The molecule has 0 spiro atoms. The highest BCUT2D eigenvalue weighted by Gasteiger charge is 2.17. The number of benzene rings is 1. The molecule has 0 unspecified atom stereocenters. The molecule has 0 aliphatic carbocycles. The number of fused-ring (bicyclic) bond motifs is 3. The van der Waals surface area contributed by atoms with Crippen LogP contribution in [0, 0.1) is 6.92 Å². The minimum atomic E-state index is -0.328. The van der Waals surface area contributed by atoms with E-state index in [1.54, 1.807) is 16.8 Å². The number of hydrogen-bond donors (Lipinski definition) is 0. The Morgan fingerprint density at radius 3 is 2.50 bits per heavy atom. The van der Waals surface area contributed by atoms with E-state index in [0.29, 0.717) is 11.2 Å². The van der Waals surface area contributed by atoms with Crippen molar-refractivity contribution >= 4 is 16.7 Å². The molecule has 0 atom stereocenters. The van der Waals surface area contributed by atoms with Crippen molar-refractivity contribution in [2.24, 2.45) is 0 Å². The Kier molecular flexibility index (Phi) is 2.95. The molecule has 0 saturated carbocycles. The van der Waals surface area contributed by atoms with Gasteiger partial charge in [-0.25, -0.2) is 13.9 Å². The summed E-state index contributed by atoms with van der Waals surface area (Å²) >= 11 is 0. The van der Waals surface area contributed by atoms with E-state index < -0.39 is 0 Å². The van der Waals surface area contributed by atoms with Crippen molar-refractivity contribution in [3.8, 4) is 11.1 Å². The summed E-state index contributed by atoms with van der Waals surface area (Å²) in [6, 6.07) is 11.7. The molecule has 0 amide bonds. The highest BCUT2D eigenvalue weighted by atomic mass is 16.1. The molecule has 9 nitrogen and oxygen atoms in total. The minimum absolute atomic E-state index is 0.218. The molecule has 1 aromatic carbocycles. The predicted octanol–water partition coefficient (Wildman–Crippen LogP) is 1.32. The highest BCUT2D eigenvalue weighted by Crippen LogP contribution is 2.27. The van der Waals surface area contributed by atoms with Crippen molar-refractivity contribution in [1.29, 1.82) is 0 Å². The lowest BCUT2D eigenvalue weighted by Gasteiger charge is -2.06. The van der Waals surface area contributed by atoms with Gasteiger partial charge in [0.25, 0.3) is 5.56 Å². The monoisotopic (exact) mass is 344 g/mol. The van der Waals surface area contributed by atoms with E-state index >= 15 is 0 Å². The molecule has 126 valence electrons. The first kappa shape index (κ1) is 14.5. The predicted molar refractivity (Wildman–Crippen MR) is 93.5 cm³/mol. The molecule has 9 heteroatoms. The fourth-order valence-electron chi connectivity index (χ4n) is 3.07. The zero-order chi connectivity index (χ0) is 17.7. The van der Waals surface area contributed by atoms with Crippen LogP contribution >= 0.6 is 0 Å². The molecule has 5 rings (SSSR count). The molecule has 4 aromatic heterocycles.